The number of rotatable bonds is 5. The van der Waals surface area contributed by atoms with Crippen molar-refractivity contribution in [3.8, 4) is 5.75 Å². The predicted octanol–water partition coefficient (Wildman–Crippen LogP) is 3.76. The molecule has 0 spiro atoms. The summed E-state index contributed by atoms with van der Waals surface area (Å²) in [5.74, 6) is 0.806. The second-order valence-electron chi connectivity index (χ2n) is 6.63. The highest BCUT2D eigenvalue weighted by atomic mass is 32.1. The van der Waals surface area contributed by atoms with Crippen LogP contribution in [0.5, 0.6) is 5.75 Å². The minimum atomic E-state index is -0.446. The SMILES string of the molecule is Cc1cc(C)cc(OCCc2nnc(NC(=O)C(C)(C)C)s2)c1. The highest BCUT2D eigenvalue weighted by Gasteiger charge is 2.22. The average molecular weight is 333 g/mol. The van der Waals surface area contributed by atoms with E-state index in [1.54, 1.807) is 0 Å². The molecule has 2 aromatic rings. The van der Waals surface area contributed by atoms with Crippen molar-refractivity contribution in [3.63, 3.8) is 0 Å². The van der Waals surface area contributed by atoms with Gasteiger partial charge in [-0.25, -0.2) is 0 Å². The summed E-state index contributed by atoms with van der Waals surface area (Å²) >= 11 is 1.38. The van der Waals surface area contributed by atoms with Gasteiger partial charge in [0.2, 0.25) is 11.0 Å². The number of amides is 1. The number of hydrogen-bond donors (Lipinski definition) is 1. The molecule has 5 nitrogen and oxygen atoms in total. The molecule has 124 valence electrons. The van der Waals surface area contributed by atoms with E-state index in [0.29, 0.717) is 18.2 Å². The van der Waals surface area contributed by atoms with E-state index < -0.39 is 5.41 Å². The molecule has 0 radical (unpaired) electrons. The van der Waals surface area contributed by atoms with Gasteiger partial charge in [0.25, 0.3) is 0 Å². The monoisotopic (exact) mass is 333 g/mol. The molecule has 1 aromatic carbocycles. The standard InChI is InChI=1S/C17H23N3O2S/c1-11-8-12(2)10-13(9-11)22-7-6-14-19-20-16(23-14)18-15(21)17(3,4)5/h8-10H,6-7H2,1-5H3,(H,18,20,21). The van der Waals surface area contributed by atoms with Crippen LogP contribution < -0.4 is 10.1 Å². The molecular weight excluding hydrogens is 310 g/mol. The summed E-state index contributed by atoms with van der Waals surface area (Å²) in [5.41, 5.74) is 1.92. The fraction of sp³-hybridized carbons (Fsp3) is 0.471. The quantitative estimate of drug-likeness (QED) is 0.905. The van der Waals surface area contributed by atoms with Gasteiger partial charge in [0.15, 0.2) is 0 Å². The normalized spacial score (nSPS) is 11.3. The van der Waals surface area contributed by atoms with Gasteiger partial charge in [-0.3, -0.25) is 4.79 Å². The van der Waals surface area contributed by atoms with E-state index in [1.807, 2.05) is 32.9 Å². The molecule has 2 rings (SSSR count). The maximum absolute atomic E-state index is 11.9. The zero-order chi connectivity index (χ0) is 17.0. The molecular formula is C17H23N3O2S. The van der Waals surface area contributed by atoms with Crippen molar-refractivity contribution in [2.45, 2.75) is 41.0 Å². The Kier molecular flexibility index (Phi) is 5.36. The van der Waals surface area contributed by atoms with Gasteiger partial charge in [-0.15, -0.1) is 10.2 Å². The summed E-state index contributed by atoms with van der Waals surface area (Å²) < 4.78 is 5.77. The second kappa shape index (κ2) is 7.08. The zero-order valence-corrected chi connectivity index (χ0v) is 15.1. The molecule has 1 N–H and O–H groups in total. The molecule has 0 fully saturated rings. The summed E-state index contributed by atoms with van der Waals surface area (Å²) in [4.78, 5) is 11.9. The topological polar surface area (TPSA) is 64.1 Å². The lowest BCUT2D eigenvalue weighted by Gasteiger charge is -2.15. The van der Waals surface area contributed by atoms with Crippen LogP contribution in [-0.4, -0.2) is 22.7 Å². The molecule has 0 bridgehead atoms. The zero-order valence-electron chi connectivity index (χ0n) is 14.3. The first-order valence-corrected chi connectivity index (χ1v) is 8.40. The summed E-state index contributed by atoms with van der Waals surface area (Å²) in [6.07, 6.45) is 0.663. The minimum absolute atomic E-state index is 0.0633. The number of nitrogens with one attached hydrogen (secondary N) is 1. The molecule has 1 heterocycles. The van der Waals surface area contributed by atoms with Crippen molar-refractivity contribution in [1.29, 1.82) is 0 Å². The van der Waals surface area contributed by atoms with Crippen LogP contribution in [0.25, 0.3) is 0 Å². The lowest BCUT2D eigenvalue weighted by Crippen LogP contribution is -2.27. The Balaban J connectivity index is 1.86. The Morgan fingerprint density at radius 1 is 1.17 bits per heavy atom. The number of ether oxygens (including phenoxy) is 1. The smallest absolute Gasteiger partial charge is 0.231 e. The van der Waals surface area contributed by atoms with E-state index in [9.17, 15) is 4.79 Å². The number of carbonyl (C=O) groups excluding carboxylic acids is 1. The maximum atomic E-state index is 11.9. The Hall–Kier alpha value is -1.95. The summed E-state index contributed by atoms with van der Waals surface area (Å²) in [6.45, 7) is 10.2. The van der Waals surface area contributed by atoms with Crippen molar-refractivity contribution < 1.29 is 9.53 Å². The first-order valence-electron chi connectivity index (χ1n) is 7.59. The van der Waals surface area contributed by atoms with Gasteiger partial charge < -0.3 is 10.1 Å². The van der Waals surface area contributed by atoms with Gasteiger partial charge in [-0.1, -0.05) is 38.2 Å². The predicted molar refractivity (Wildman–Crippen MR) is 93.1 cm³/mol. The van der Waals surface area contributed by atoms with Crippen LogP contribution in [0.1, 0.15) is 36.9 Å². The number of hydrogen-bond acceptors (Lipinski definition) is 5. The van der Waals surface area contributed by atoms with E-state index in [0.717, 1.165) is 10.8 Å². The van der Waals surface area contributed by atoms with Gasteiger partial charge >= 0.3 is 0 Å². The number of nitrogens with zero attached hydrogens (tertiary/aromatic N) is 2. The van der Waals surface area contributed by atoms with E-state index >= 15 is 0 Å². The molecule has 0 aliphatic rings. The van der Waals surface area contributed by atoms with Gasteiger partial charge in [-0.2, -0.15) is 0 Å². The Labute approximate surface area is 141 Å². The third-order valence-electron chi connectivity index (χ3n) is 3.15. The van der Waals surface area contributed by atoms with Crippen molar-refractivity contribution >= 4 is 22.4 Å². The van der Waals surface area contributed by atoms with Crippen molar-refractivity contribution in [1.82, 2.24) is 10.2 Å². The minimum Gasteiger partial charge on any atom is -0.493 e. The fourth-order valence-electron chi connectivity index (χ4n) is 1.96. The third-order valence-corrected chi connectivity index (χ3v) is 4.05. The molecule has 0 unspecified atom stereocenters. The van der Waals surface area contributed by atoms with Crippen LogP contribution in [0.4, 0.5) is 5.13 Å². The summed E-state index contributed by atoms with van der Waals surface area (Å²) in [5, 5.41) is 12.3. The van der Waals surface area contributed by atoms with Crippen LogP contribution in [-0.2, 0) is 11.2 Å². The van der Waals surface area contributed by atoms with Crippen molar-refractivity contribution in [3.05, 3.63) is 34.3 Å². The fourth-order valence-corrected chi connectivity index (χ4v) is 2.68. The second-order valence-corrected chi connectivity index (χ2v) is 7.69. The van der Waals surface area contributed by atoms with Crippen LogP contribution in [0.2, 0.25) is 0 Å². The molecule has 0 aliphatic heterocycles. The largest absolute Gasteiger partial charge is 0.493 e. The molecule has 0 aliphatic carbocycles. The number of aromatic nitrogens is 2. The van der Waals surface area contributed by atoms with Gasteiger partial charge in [-0.05, 0) is 37.1 Å². The molecule has 23 heavy (non-hydrogen) atoms. The van der Waals surface area contributed by atoms with Gasteiger partial charge in [0.05, 0.1) is 6.61 Å². The molecule has 0 atom stereocenters. The van der Waals surface area contributed by atoms with Crippen LogP contribution in [0.3, 0.4) is 0 Å². The van der Waals surface area contributed by atoms with Gasteiger partial charge in [0, 0.05) is 11.8 Å². The lowest BCUT2D eigenvalue weighted by molar-refractivity contribution is -0.123. The number of benzene rings is 1. The summed E-state index contributed by atoms with van der Waals surface area (Å²) in [7, 11) is 0. The van der Waals surface area contributed by atoms with E-state index in [-0.39, 0.29) is 5.91 Å². The first kappa shape index (κ1) is 17.4. The van der Waals surface area contributed by atoms with Crippen molar-refractivity contribution in [2.75, 3.05) is 11.9 Å². The first-order chi connectivity index (χ1) is 10.7. The van der Waals surface area contributed by atoms with Crippen LogP contribution >= 0.6 is 11.3 Å². The summed E-state index contributed by atoms with van der Waals surface area (Å²) in [6, 6.07) is 6.14. The molecule has 1 amide bonds. The average Bonchev–Trinajstić information content (AvgIpc) is 2.84. The number of anilines is 1. The lowest BCUT2D eigenvalue weighted by atomic mass is 9.96. The van der Waals surface area contributed by atoms with E-state index in [4.69, 9.17) is 4.74 Å². The molecule has 6 heteroatoms. The highest BCUT2D eigenvalue weighted by molar-refractivity contribution is 7.15. The van der Waals surface area contributed by atoms with Crippen LogP contribution in [0.15, 0.2) is 18.2 Å². The van der Waals surface area contributed by atoms with Crippen LogP contribution in [0, 0.1) is 19.3 Å². The Morgan fingerprint density at radius 2 is 1.83 bits per heavy atom. The molecule has 0 saturated heterocycles. The van der Waals surface area contributed by atoms with Gasteiger partial charge in [0.1, 0.15) is 10.8 Å². The molecule has 1 aromatic heterocycles. The number of aryl methyl sites for hydroxylation is 2. The third kappa shape index (κ3) is 5.32. The molecule has 0 saturated carbocycles. The van der Waals surface area contributed by atoms with E-state index in [1.165, 1.54) is 22.5 Å². The maximum Gasteiger partial charge on any atom is 0.231 e. The Bertz CT molecular complexity index is 669. The van der Waals surface area contributed by atoms with Crippen molar-refractivity contribution in [2.24, 2.45) is 5.41 Å². The number of carbonyl (C=O) groups is 1. The highest BCUT2D eigenvalue weighted by Crippen LogP contribution is 2.21. The Morgan fingerprint density at radius 3 is 2.43 bits per heavy atom. The van der Waals surface area contributed by atoms with E-state index in [2.05, 4.69) is 35.4 Å².